The van der Waals surface area contributed by atoms with Crippen LogP contribution in [0.1, 0.15) is 31.2 Å². The van der Waals surface area contributed by atoms with Crippen molar-refractivity contribution in [1.82, 2.24) is 4.31 Å². The minimum absolute atomic E-state index is 0.0301. The first kappa shape index (κ1) is 15.8. The number of hydrogen-bond donors (Lipinski definition) is 2. The largest absolute Gasteiger partial charge is 0.481 e. The number of carboxylic acid groups (broad SMARTS) is 1. The number of aliphatic carboxylic acids is 1. The lowest BCUT2D eigenvalue weighted by atomic mass is 10.1. The Balaban J connectivity index is 2.04. The van der Waals surface area contributed by atoms with Crippen molar-refractivity contribution >= 4 is 21.9 Å². The van der Waals surface area contributed by atoms with Gasteiger partial charge in [0.25, 0.3) is 0 Å². The van der Waals surface area contributed by atoms with E-state index in [0.29, 0.717) is 25.2 Å². The van der Waals surface area contributed by atoms with Crippen molar-refractivity contribution < 1.29 is 18.3 Å². The number of piperidine rings is 1. The third kappa shape index (κ3) is 4.71. The molecule has 2 rings (SSSR count). The van der Waals surface area contributed by atoms with Crippen molar-refractivity contribution in [2.45, 2.75) is 32.1 Å². The molecule has 0 aromatic heterocycles. The van der Waals surface area contributed by atoms with E-state index >= 15 is 0 Å². The molecule has 6 nitrogen and oxygen atoms in total. The molecule has 7 heteroatoms. The summed E-state index contributed by atoms with van der Waals surface area (Å²) in [4.78, 5) is 10.6. The van der Waals surface area contributed by atoms with E-state index < -0.39 is 16.2 Å². The number of anilines is 1. The molecule has 1 fully saturated rings. The summed E-state index contributed by atoms with van der Waals surface area (Å²) in [5.41, 5.74) is 1.28. The second-order valence-electron chi connectivity index (χ2n) is 5.16. The van der Waals surface area contributed by atoms with E-state index in [4.69, 9.17) is 5.11 Å². The van der Waals surface area contributed by atoms with Gasteiger partial charge in [0.05, 0.1) is 5.69 Å². The zero-order chi connectivity index (χ0) is 15.3. The first-order valence-electron chi connectivity index (χ1n) is 7.06. The molecule has 116 valence electrons. The van der Waals surface area contributed by atoms with Crippen LogP contribution in [-0.4, -0.2) is 36.9 Å². The average Bonchev–Trinajstić information content (AvgIpc) is 2.46. The summed E-state index contributed by atoms with van der Waals surface area (Å²) < 4.78 is 28.5. The molecule has 0 spiro atoms. The standard InChI is InChI=1S/C14H20N2O4S/c17-14(18)8-7-12-5-4-6-13(11-12)15-21(19,20)16-9-2-1-3-10-16/h4-6,11,15H,1-3,7-10H2,(H,17,18). The van der Waals surface area contributed by atoms with Crippen molar-refractivity contribution in [3.05, 3.63) is 29.8 Å². The quantitative estimate of drug-likeness (QED) is 0.839. The van der Waals surface area contributed by atoms with E-state index in [1.54, 1.807) is 24.3 Å². The maximum atomic E-state index is 12.3. The van der Waals surface area contributed by atoms with Gasteiger partial charge in [0.2, 0.25) is 0 Å². The van der Waals surface area contributed by atoms with Gasteiger partial charge in [-0.15, -0.1) is 0 Å². The molecule has 1 aliphatic heterocycles. The number of rotatable bonds is 6. The lowest BCUT2D eigenvalue weighted by Crippen LogP contribution is -2.39. The maximum absolute atomic E-state index is 12.3. The Morgan fingerprint density at radius 1 is 1.24 bits per heavy atom. The van der Waals surface area contributed by atoms with Gasteiger partial charge in [-0.25, -0.2) is 0 Å². The lowest BCUT2D eigenvalue weighted by molar-refractivity contribution is -0.136. The zero-order valence-electron chi connectivity index (χ0n) is 11.8. The Hall–Kier alpha value is -1.60. The van der Waals surface area contributed by atoms with Crippen molar-refractivity contribution in [1.29, 1.82) is 0 Å². The fraction of sp³-hybridized carbons (Fsp3) is 0.500. The Kier molecular flexibility index (Phi) is 5.19. The number of aryl methyl sites for hydroxylation is 1. The molecule has 0 unspecified atom stereocenters. The molecule has 0 saturated carbocycles. The molecule has 1 aliphatic rings. The molecule has 2 N–H and O–H groups in total. The summed E-state index contributed by atoms with van der Waals surface area (Å²) in [6, 6.07) is 6.88. The van der Waals surface area contributed by atoms with Gasteiger partial charge in [0.1, 0.15) is 0 Å². The smallest absolute Gasteiger partial charge is 0.303 e. The van der Waals surface area contributed by atoms with E-state index in [1.165, 1.54) is 4.31 Å². The second-order valence-corrected chi connectivity index (χ2v) is 6.83. The summed E-state index contributed by atoms with van der Waals surface area (Å²) in [5, 5.41) is 8.68. The van der Waals surface area contributed by atoms with Gasteiger partial charge in [0, 0.05) is 19.5 Å². The lowest BCUT2D eigenvalue weighted by Gasteiger charge is -2.26. The molecular formula is C14H20N2O4S. The molecular weight excluding hydrogens is 292 g/mol. The number of carbonyl (C=O) groups is 1. The highest BCUT2D eigenvalue weighted by molar-refractivity contribution is 7.90. The summed E-state index contributed by atoms with van der Waals surface area (Å²) in [7, 11) is -3.52. The van der Waals surface area contributed by atoms with Gasteiger partial charge < -0.3 is 5.11 Å². The van der Waals surface area contributed by atoms with Gasteiger partial charge in [-0.05, 0) is 37.0 Å². The van der Waals surface area contributed by atoms with Crippen LogP contribution in [0.3, 0.4) is 0 Å². The van der Waals surface area contributed by atoms with Crippen LogP contribution in [0, 0.1) is 0 Å². The van der Waals surface area contributed by atoms with Crippen LogP contribution in [-0.2, 0) is 21.4 Å². The predicted octanol–water partition coefficient (Wildman–Crippen LogP) is 1.85. The summed E-state index contributed by atoms with van der Waals surface area (Å²) in [6.45, 7) is 1.10. The first-order valence-corrected chi connectivity index (χ1v) is 8.50. The summed E-state index contributed by atoms with van der Waals surface area (Å²) in [6.07, 6.45) is 3.26. The molecule has 0 atom stereocenters. The zero-order valence-corrected chi connectivity index (χ0v) is 12.6. The van der Waals surface area contributed by atoms with Crippen molar-refractivity contribution in [2.75, 3.05) is 17.8 Å². The Labute approximate surface area is 125 Å². The van der Waals surface area contributed by atoms with Crippen LogP contribution < -0.4 is 4.72 Å². The molecule has 0 radical (unpaired) electrons. The van der Waals surface area contributed by atoms with Gasteiger partial charge >= 0.3 is 16.2 Å². The minimum atomic E-state index is -3.52. The topological polar surface area (TPSA) is 86.7 Å². The van der Waals surface area contributed by atoms with E-state index in [-0.39, 0.29) is 6.42 Å². The fourth-order valence-electron chi connectivity index (χ4n) is 2.36. The van der Waals surface area contributed by atoms with Crippen molar-refractivity contribution in [3.63, 3.8) is 0 Å². The van der Waals surface area contributed by atoms with Gasteiger partial charge in [-0.2, -0.15) is 12.7 Å². The molecule has 1 heterocycles. The molecule has 0 aliphatic carbocycles. The van der Waals surface area contributed by atoms with Crippen LogP contribution in [0.4, 0.5) is 5.69 Å². The van der Waals surface area contributed by atoms with E-state index in [1.807, 2.05) is 0 Å². The monoisotopic (exact) mass is 312 g/mol. The first-order chi connectivity index (χ1) is 9.97. The number of carboxylic acids is 1. The van der Waals surface area contributed by atoms with E-state index in [2.05, 4.69) is 4.72 Å². The SMILES string of the molecule is O=C(O)CCc1cccc(NS(=O)(=O)N2CCCCC2)c1. The van der Waals surface area contributed by atoms with E-state index in [0.717, 1.165) is 24.8 Å². The third-order valence-corrected chi connectivity index (χ3v) is 4.99. The predicted molar refractivity (Wildman–Crippen MR) is 80.4 cm³/mol. The molecule has 1 aromatic carbocycles. The number of benzene rings is 1. The molecule has 1 saturated heterocycles. The van der Waals surface area contributed by atoms with Crippen molar-refractivity contribution in [3.8, 4) is 0 Å². The van der Waals surface area contributed by atoms with Gasteiger partial charge in [-0.3, -0.25) is 9.52 Å². The highest BCUT2D eigenvalue weighted by atomic mass is 32.2. The number of hydrogen-bond acceptors (Lipinski definition) is 3. The third-order valence-electron chi connectivity index (χ3n) is 3.46. The van der Waals surface area contributed by atoms with Crippen LogP contribution in [0.15, 0.2) is 24.3 Å². The van der Waals surface area contributed by atoms with Crippen LogP contribution in [0.2, 0.25) is 0 Å². The molecule has 1 aromatic rings. The number of nitrogens with zero attached hydrogens (tertiary/aromatic N) is 1. The normalized spacial score (nSPS) is 16.6. The Morgan fingerprint density at radius 3 is 2.62 bits per heavy atom. The van der Waals surface area contributed by atoms with Crippen molar-refractivity contribution in [2.24, 2.45) is 0 Å². The number of nitrogens with one attached hydrogen (secondary N) is 1. The molecule has 21 heavy (non-hydrogen) atoms. The van der Waals surface area contributed by atoms with Crippen LogP contribution >= 0.6 is 0 Å². The van der Waals surface area contributed by atoms with Crippen LogP contribution in [0.5, 0.6) is 0 Å². The Morgan fingerprint density at radius 2 is 1.95 bits per heavy atom. The highest BCUT2D eigenvalue weighted by Gasteiger charge is 2.23. The Bertz CT molecular complexity index is 595. The fourth-order valence-corrected chi connectivity index (χ4v) is 3.65. The summed E-state index contributed by atoms with van der Waals surface area (Å²) >= 11 is 0. The second kappa shape index (κ2) is 6.91. The molecule has 0 bridgehead atoms. The van der Waals surface area contributed by atoms with Gasteiger partial charge in [0.15, 0.2) is 0 Å². The summed E-state index contributed by atoms with van der Waals surface area (Å²) in [5.74, 6) is -0.866. The minimum Gasteiger partial charge on any atom is -0.481 e. The van der Waals surface area contributed by atoms with Gasteiger partial charge in [-0.1, -0.05) is 18.6 Å². The average molecular weight is 312 g/mol. The maximum Gasteiger partial charge on any atom is 0.303 e. The van der Waals surface area contributed by atoms with Crippen LogP contribution in [0.25, 0.3) is 0 Å². The van der Waals surface area contributed by atoms with E-state index in [9.17, 15) is 13.2 Å². The highest BCUT2D eigenvalue weighted by Crippen LogP contribution is 2.18. The molecule has 0 amide bonds.